The van der Waals surface area contributed by atoms with Gasteiger partial charge in [-0.2, -0.15) is 0 Å². The van der Waals surface area contributed by atoms with Crippen molar-refractivity contribution in [2.45, 2.75) is 39.9 Å². The zero-order valence-electron chi connectivity index (χ0n) is 19.8. The smallest absolute Gasteiger partial charge is 0.335 e. The van der Waals surface area contributed by atoms with E-state index in [-0.39, 0.29) is 23.7 Å². The molecule has 2 atom stereocenters. The van der Waals surface area contributed by atoms with Gasteiger partial charge in [-0.1, -0.05) is 63.2 Å². The molecule has 180 valence electrons. The number of hydrogen-bond acceptors (Lipinski definition) is 5. The van der Waals surface area contributed by atoms with Crippen molar-refractivity contribution in [3.63, 3.8) is 0 Å². The molecule has 34 heavy (non-hydrogen) atoms. The lowest BCUT2D eigenvalue weighted by atomic mass is 9.99. The van der Waals surface area contributed by atoms with Crippen molar-refractivity contribution >= 4 is 30.2 Å². The summed E-state index contributed by atoms with van der Waals surface area (Å²) in [6.07, 6.45) is -0.00791. The van der Waals surface area contributed by atoms with Gasteiger partial charge in [-0.3, -0.25) is 9.36 Å². The summed E-state index contributed by atoms with van der Waals surface area (Å²) in [6, 6.07) is 18.2. The van der Waals surface area contributed by atoms with Gasteiger partial charge in [-0.05, 0) is 52.9 Å². The van der Waals surface area contributed by atoms with Gasteiger partial charge in [-0.15, -0.1) is 0 Å². The van der Waals surface area contributed by atoms with Gasteiger partial charge in [0.1, 0.15) is 11.8 Å². The Morgan fingerprint density at radius 1 is 1.00 bits per heavy atom. The Labute approximate surface area is 199 Å². The molecule has 0 aliphatic heterocycles. The maximum Gasteiger partial charge on any atom is 0.335 e. The van der Waals surface area contributed by atoms with E-state index in [1.165, 1.54) is 0 Å². The fourth-order valence-corrected chi connectivity index (χ4v) is 5.33. The highest BCUT2D eigenvalue weighted by atomic mass is 31.2. The summed E-state index contributed by atoms with van der Waals surface area (Å²) in [5.41, 5.74) is 0.651. The highest BCUT2D eigenvalue weighted by molar-refractivity contribution is 7.56. The molecule has 0 spiro atoms. The van der Waals surface area contributed by atoms with Gasteiger partial charge in [0.2, 0.25) is 0 Å². The van der Waals surface area contributed by atoms with Crippen LogP contribution in [0.5, 0.6) is 5.75 Å². The minimum Gasteiger partial charge on any atom is -0.478 e. The Morgan fingerprint density at radius 2 is 1.68 bits per heavy atom. The molecule has 8 heteroatoms. The summed E-state index contributed by atoms with van der Waals surface area (Å²) >= 11 is 0. The third-order valence-corrected chi connectivity index (χ3v) is 7.00. The summed E-state index contributed by atoms with van der Waals surface area (Å²) in [7, 11) is -3.61. The van der Waals surface area contributed by atoms with Crippen molar-refractivity contribution in [2.24, 2.45) is 5.41 Å². The second-order valence-corrected chi connectivity index (χ2v) is 11.6. The Hall–Kier alpha value is -3.15. The van der Waals surface area contributed by atoms with Gasteiger partial charge >= 0.3 is 19.5 Å². The monoisotopic (exact) mass is 483 g/mol. The van der Waals surface area contributed by atoms with E-state index in [2.05, 4.69) is 5.09 Å². The molecular formula is C26H30NO6P. The molecule has 3 rings (SSSR count). The number of carbonyl (C=O) groups is 2. The summed E-state index contributed by atoms with van der Waals surface area (Å²) in [5, 5.41) is 13.7. The van der Waals surface area contributed by atoms with E-state index >= 15 is 0 Å². The fourth-order valence-electron chi connectivity index (χ4n) is 3.28. The number of hydrogen-bond donors (Lipinski definition) is 2. The molecule has 0 aliphatic rings. The van der Waals surface area contributed by atoms with Crippen LogP contribution in [0.1, 0.15) is 43.6 Å². The molecule has 0 saturated heterocycles. The third-order valence-electron chi connectivity index (χ3n) is 4.93. The number of fused-ring (bicyclic) bond motifs is 1. The molecule has 0 amide bonds. The Balaban J connectivity index is 1.87. The zero-order chi connectivity index (χ0) is 24.9. The van der Waals surface area contributed by atoms with Crippen LogP contribution in [0.15, 0.2) is 66.7 Å². The van der Waals surface area contributed by atoms with Crippen molar-refractivity contribution in [1.29, 1.82) is 0 Å². The predicted molar refractivity (Wildman–Crippen MR) is 132 cm³/mol. The molecule has 0 heterocycles. The second kappa shape index (κ2) is 10.4. The van der Waals surface area contributed by atoms with E-state index in [9.17, 15) is 19.3 Å². The fraction of sp³-hybridized carbons (Fsp3) is 0.308. The minimum absolute atomic E-state index is 0.00791. The van der Waals surface area contributed by atoms with Crippen LogP contribution < -0.4 is 9.61 Å². The lowest BCUT2D eigenvalue weighted by Crippen LogP contribution is -2.36. The Morgan fingerprint density at radius 3 is 2.32 bits per heavy atom. The lowest BCUT2D eigenvalue weighted by Gasteiger charge is -2.25. The van der Waals surface area contributed by atoms with Crippen molar-refractivity contribution in [3.8, 4) is 5.75 Å². The number of nitrogens with one attached hydrogen (secondary N) is 1. The molecule has 0 radical (unpaired) electrons. The van der Waals surface area contributed by atoms with Crippen LogP contribution in [0, 0.1) is 5.41 Å². The van der Waals surface area contributed by atoms with Crippen molar-refractivity contribution < 1.29 is 28.5 Å². The molecule has 0 fully saturated rings. The highest BCUT2D eigenvalue weighted by Crippen LogP contribution is 2.47. The van der Waals surface area contributed by atoms with E-state index in [4.69, 9.17) is 9.26 Å². The van der Waals surface area contributed by atoms with Gasteiger partial charge in [0.15, 0.2) is 0 Å². The van der Waals surface area contributed by atoms with E-state index < -0.39 is 25.5 Å². The Bertz CT molecular complexity index is 1220. The highest BCUT2D eigenvalue weighted by Gasteiger charge is 2.31. The van der Waals surface area contributed by atoms with Crippen molar-refractivity contribution in [2.75, 3.05) is 6.61 Å². The van der Waals surface area contributed by atoms with Gasteiger partial charge < -0.3 is 14.4 Å². The van der Waals surface area contributed by atoms with E-state index in [1.54, 1.807) is 55.5 Å². The first-order valence-corrected chi connectivity index (χ1v) is 12.8. The topological polar surface area (TPSA) is 102 Å². The first-order valence-electron chi connectivity index (χ1n) is 11.0. The molecule has 0 aliphatic carbocycles. The molecule has 7 nitrogen and oxygen atoms in total. The van der Waals surface area contributed by atoms with Gasteiger partial charge in [-0.25, -0.2) is 9.88 Å². The number of aromatic carboxylic acids is 1. The first-order chi connectivity index (χ1) is 15.9. The molecule has 0 aromatic heterocycles. The normalized spacial score (nSPS) is 14.2. The van der Waals surface area contributed by atoms with Gasteiger partial charge in [0.05, 0.1) is 18.3 Å². The summed E-state index contributed by atoms with van der Waals surface area (Å²) in [6.45, 7) is 7.69. The van der Waals surface area contributed by atoms with Gasteiger partial charge in [0.25, 0.3) is 0 Å². The quantitative estimate of drug-likeness (QED) is 0.290. The summed E-state index contributed by atoms with van der Waals surface area (Å²) in [5.74, 6) is -1.13. The third kappa shape index (κ3) is 7.17. The molecule has 1 unspecified atom stereocenters. The number of ether oxygens (including phenoxy) is 1. The summed E-state index contributed by atoms with van der Waals surface area (Å²) < 4.78 is 25.2. The molecule has 0 saturated carbocycles. The van der Waals surface area contributed by atoms with Crippen LogP contribution in [0.4, 0.5) is 0 Å². The predicted octanol–water partition coefficient (Wildman–Crippen LogP) is 5.88. The average Bonchev–Trinajstić information content (AvgIpc) is 2.76. The average molecular weight is 484 g/mol. The maximum atomic E-state index is 13.9. The van der Waals surface area contributed by atoms with Crippen molar-refractivity contribution in [1.82, 2.24) is 5.09 Å². The van der Waals surface area contributed by atoms with Crippen molar-refractivity contribution in [3.05, 3.63) is 77.9 Å². The van der Waals surface area contributed by atoms with Crippen LogP contribution in [0.3, 0.4) is 0 Å². The van der Waals surface area contributed by atoms with Crippen LogP contribution >= 0.6 is 7.52 Å². The number of carboxylic acid groups (broad SMARTS) is 1. The van der Waals surface area contributed by atoms with E-state index in [1.807, 2.05) is 39.0 Å². The Kier molecular flexibility index (Phi) is 7.80. The van der Waals surface area contributed by atoms with E-state index in [0.29, 0.717) is 16.7 Å². The maximum absolute atomic E-state index is 13.9. The number of esters is 1. The molecule has 3 aromatic carbocycles. The lowest BCUT2D eigenvalue weighted by molar-refractivity contribution is -0.148. The number of para-hydroxylation sites is 1. The minimum atomic E-state index is -3.61. The zero-order valence-corrected chi connectivity index (χ0v) is 20.7. The molecule has 0 bridgehead atoms. The summed E-state index contributed by atoms with van der Waals surface area (Å²) in [4.78, 5) is 23.9. The second-order valence-electron chi connectivity index (χ2n) is 9.46. The molecule has 2 N–H and O–H groups in total. The number of benzene rings is 3. The number of rotatable bonds is 9. The van der Waals surface area contributed by atoms with Crippen LogP contribution in [0.2, 0.25) is 0 Å². The largest absolute Gasteiger partial charge is 0.478 e. The number of carbonyl (C=O) groups excluding carboxylic acids is 1. The van der Waals surface area contributed by atoms with Crippen LogP contribution in [0.25, 0.3) is 10.8 Å². The molecule has 3 aromatic rings. The standard InChI is InChI=1S/C26H30NO6P/c1-18(25(30)32-17-26(2,3)4)27-34(31,33-23-8-6-5-7-9-23)16-19-10-11-20-12-13-21(24(28)29)15-22(20)14-19/h5-15,18H,16-17H2,1-4H3,(H,27,31)(H,28,29)/t18-,34?/m0/s1. The SMILES string of the molecule is C[C@H](NP(=O)(Cc1ccc2ccc(C(=O)O)cc2c1)Oc1ccccc1)C(=O)OCC(C)(C)C. The van der Waals surface area contributed by atoms with Crippen LogP contribution in [-0.4, -0.2) is 29.7 Å². The van der Waals surface area contributed by atoms with Gasteiger partial charge in [0, 0.05) is 0 Å². The number of carboxylic acids is 1. The molecular weight excluding hydrogens is 453 g/mol. The first kappa shape index (κ1) is 25.5. The van der Waals surface area contributed by atoms with Crippen LogP contribution in [-0.2, 0) is 20.3 Å². The van der Waals surface area contributed by atoms with E-state index in [0.717, 1.165) is 5.39 Å².